The van der Waals surface area contributed by atoms with Crippen molar-refractivity contribution in [2.75, 3.05) is 39.2 Å². The fourth-order valence-corrected chi connectivity index (χ4v) is 4.43. The minimum Gasteiger partial charge on any atom is -0.497 e. The Labute approximate surface area is 183 Å². The summed E-state index contributed by atoms with van der Waals surface area (Å²) in [5.74, 6) is 0.167. The molecule has 6 heteroatoms. The molecule has 0 atom stereocenters. The second-order valence-corrected chi connectivity index (χ2v) is 8.38. The summed E-state index contributed by atoms with van der Waals surface area (Å²) in [5.41, 5.74) is 3.26. The third kappa shape index (κ3) is 3.95. The second kappa shape index (κ2) is 8.55. The molecule has 2 heterocycles. The minimum absolute atomic E-state index is 0.216. The van der Waals surface area contributed by atoms with Crippen LogP contribution in [0.1, 0.15) is 24.0 Å². The van der Waals surface area contributed by atoms with E-state index >= 15 is 0 Å². The Morgan fingerprint density at radius 1 is 1.00 bits per heavy atom. The Balaban J connectivity index is 1.78. The molecule has 0 unspecified atom stereocenters. The highest BCUT2D eigenvalue weighted by Gasteiger charge is 2.43. The molecule has 6 nitrogen and oxygen atoms in total. The standard InChI is InChI=1S/C25H29N3O3/c1-17-6-5-7-20(16-17)28-24(29)22(18-8-10-21(31-4)11-9-18)23(25(28)30)27(3)19-12-14-26(2)15-13-19/h5-11,16,19H,12-15H2,1-4H3. The van der Waals surface area contributed by atoms with Crippen molar-refractivity contribution in [3.05, 3.63) is 65.4 Å². The Morgan fingerprint density at radius 2 is 1.68 bits per heavy atom. The van der Waals surface area contributed by atoms with Gasteiger partial charge in [0, 0.05) is 13.1 Å². The maximum atomic E-state index is 13.7. The summed E-state index contributed by atoms with van der Waals surface area (Å²) in [6.07, 6.45) is 1.91. The van der Waals surface area contributed by atoms with Gasteiger partial charge in [0.05, 0.1) is 18.4 Å². The summed E-state index contributed by atoms with van der Waals surface area (Å²) in [4.78, 5) is 32.9. The van der Waals surface area contributed by atoms with Gasteiger partial charge in [-0.15, -0.1) is 0 Å². The van der Waals surface area contributed by atoms with E-state index < -0.39 is 0 Å². The Hall–Kier alpha value is -3.12. The molecule has 0 aromatic heterocycles. The van der Waals surface area contributed by atoms with Crippen LogP contribution >= 0.6 is 0 Å². The van der Waals surface area contributed by atoms with Crippen LogP contribution in [0.25, 0.3) is 5.57 Å². The number of nitrogens with zero attached hydrogens (tertiary/aromatic N) is 3. The topological polar surface area (TPSA) is 53.1 Å². The molecule has 0 bridgehead atoms. The largest absolute Gasteiger partial charge is 0.497 e. The lowest BCUT2D eigenvalue weighted by Gasteiger charge is -2.36. The molecule has 2 aliphatic heterocycles. The van der Waals surface area contributed by atoms with E-state index in [1.54, 1.807) is 7.11 Å². The van der Waals surface area contributed by atoms with Crippen molar-refractivity contribution in [3.63, 3.8) is 0 Å². The quantitative estimate of drug-likeness (QED) is 0.696. The summed E-state index contributed by atoms with van der Waals surface area (Å²) < 4.78 is 5.27. The molecule has 0 radical (unpaired) electrons. The number of rotatable bonds is 5. The highest BCUT2D eigenvalue weighted by atomic mass is 16.5. The van der Waals surface area contributed by atoms with Gasteiger partial charge in [-0.25, -0.2) is 4.90 Å². The summed E-state index contributed by atoms with van der Waals surface area (Å²) in [7, 11) is 5.67. The van der Waals surface area contributed by atoms with Crippen LogP contribution in [0, 0.1) is 6.92 Å². The zero-order chi connectivity index (χ0) is 22.1. The first-order valence-electron chi connectivity index (χ1n) is 10.7. The number of hydrogen-bond donors (Lipinski definition) is 0. The Bertz CT molecular complexity index is 1020. The number of anilines is 1. The van der Waals surface area contributed by atoms with Crippen molar-refractivity contribution in [1.82, 2.24) is 9.80 Å². The van der Waals surface area contributed by atoms with E-state index in [4.69, 9.17) is 4.74 Å². The van der Waals surface area contributed by atoms with Crippen LogP contribution in [0.3, 0.4) is 0 Å². The Morgan fingerprint density at radius 3 is 2.29 bits per heavy atom. The first-order valence-corrected chi connectivity index (χ1v) is 10.7. The average molecular weight is 420 g/mol. The lowest BCUT2D eigenvalue weighted by Crippen LogP contribution is -2.43. The van der Waals surface area contributed by atoms with Crippen LogP contribution in [0.2, 0.25) is 0 Å². The molecule has 0 aliphatic carbocycles. The third-order valence-corrected chi connectivity index (χ3v) is 6.29. The predicted molar refractivity (Wildman–Crippen MR) is 122 cm³/mol. The van der Waals surface area contributed by atoms with Crippen LogP contribution in [-0.4, -0.2) is 62.0 Å². The van der Waals surface area contributed by atoms with Gasteiger partial charge in [0.1, 0.15) is 11.4 Å². The molecule has 0 spiro atoms. The van der Waals surface area contributed by atoms with E-state index in [0.717, 1.165) is 37.1 Å². The van der Waals surface area contributed by atoms with Crippen molar-refractivity contribution >= 4 is 23.1 Å². The number of likely N-dealkylation sites (tertiary alicyclic amines) is 1. The molecule has 31 heavy (non-hydrogen) atoms. The van der Waals surface area contributed by atoms with Gasteiger partial charge in [-0.05, 0) is 75.3 Å². The van der Waals surface area contributed by atoms with Crippen molar-refractivity contribution in [3.8, 4) is 5.75 Å². The number of methoxy groups -OCH3 is 1. The highest BCUT2D eigenvalue weighted by Crippen LogP contribution is 2.36. The van der Waals surface area contributed by atoms with Gasteiger partial charge in [0.25, 0.3) is 11.8 Å². The molecule has 2 aromatic rings. The van der Waals surface area contributed by atoms with E-state index in [-0.39, 0.29) is 17.9 Å². The summed E-state index contributed by atoms with van der Waals surface area (Å²) in [6.45, 7) is 3.91. The fourth-order valence-electron chi connectivity index (χ4n) is 4.43. The van der Waals surface area contributed by atoms with E-state index in [2.05, 4.69) is 11.9 Å². The molecular formula is C25H29N3O3. The third-order valence-electron chi connectivity index (χ3n) is 6.29. The SMILES string of the molecule is COc1ccc(C2=C(N(C)C3CCN(C)CC3)C(=O)N(c3cccc(C)c3)C2=O)cc1. The Kier molecular flexibility index (Phi) is 5.83. The van der Waals surface area contributed by atoms with Gasteiger partial charge in [-0.2, -0.15) is 0 Å². The smallest absolute Gasteiger partial charge is 0.282 e. The number of hydrogen-bond acceptors (Lipinski definition) is 5. The van der Waals surface area contributed by atoms with Crippen molar-refractivity contribution in [1.29, 1.82) is 0 Å². The predicted octanol–water partition coefficient (Wildman–Crippen LogP) is 3.31. The van der Waals surface area contributed by atoms with Crippen LogP contribution in [0.15, 0.2) is 54.2 Å². The molecular weight excluding hydrogens is 390 g/mol. The molecule has 0 N–H and O–H groups in total. The average Bonchev–Trinajstić information content (AvgIpc) is 3.03. The van der Waals surface area contributed by atoms with Gasteiger partial charge in [0.2, 0.25) is 0 Å². The van der Waals surface area contributed by atoms with Gasteiger partial charge < -0.3 is 14.5 Å². The van der Waals surface area contributed by atoms with Crippen molar-refractivity contribution < 1.29 is 14.3 Å². The monoisotopic (exact) mass is 419 g/mol. The summed E-state index contributed by atoms with van der Waals surface area (Å²) in [5, 5.41) is 0. The number of piperidine rings is 1. The second-order valence-electron chi connectivity index (χ2n) is 8.38. The number of amides is 2. The molecule has 0 saturated carbocycles. The molecule has 4 rings (SSSR count). The van der Waals surface area contributed by atoms with E-state index in [0.29, 0.717) is 22.7 Å². The van der Waals surface area contributed by atoms with Crippen LogP contribution in [0.5, 0.6) is 5.75 Å². The number of likely N-dealkylation sites (N-methyl/N-ethyl adjacent to an activating group) is 1. The lowest BCUT2D eigenvalue weighted by atomic mass is 10.00. The number of imide groups is 1. The number of aryl methyl sites for hydroxylation is 1. The zero-order valence-electron chi connectivity index (χ0n) is 18.6. The van der Waals surface area contributed by atoms with Crippen molar-refractivity contribution in [2.45, 2.75) is 25.8 Å². The maximum Gasteiger partial charge on any atom is 0.282 e. The first-order chi connectivity index (χ1) is 14.9. The molecule has 1 saturated heterocycles. The van der Waals surface area contributed by atoms with Gasteiger partial charge in [0.15, 0.2) is 0 Å². The van der Waals surface area contributed by atoms with E-state index in [1.165, 1.54) is 4.90 Å². The fraction of sp³-hybridized carbons (Fsp3) is 0.360. The van der Waals surface area contributed by atoms with Crippen LogP contribution < -0.4 is 9.64 Å². The minimum atomic E-state index is -0.282. The van der Waals surface area contributed by atoms with Crippen LogP contribution in [0.4, 0.5) is 5.69 Å². The number of benzene rings is 2. The van der Waals surface area contributed by atoms with Crippen LogP contribution in [-0.2, 0) is 9.59 Å². The number of carbonyl (C=O) groups excluding carboxylic acids is 2. The van der Waals surface area contributed by atoms with E-state index in [1.807, 2.05) is 67.4 Å². The molecule has 2 amide bonds. The molecule has 162 valence electrons. The van der Waals surface area contributed by atoms with Gasteiger partial charge in [-0.1, -0.05) is 24.3 Å². The first kappa shape index (κ1) is 21.1. The number of carbonyl (C=O) groups is 2. The zero-order valence-corrected chi connectivity index (χ0v) is 18.6. The lowest BCUT2D eigenvalue weighted by molar-refractivity contribution is -0.120. The highest BCUT2D eigenvalue weighted by molar-refractivity contribution is 6.45. The summed E-state index contributed by atoms with van der Waals surface area (Å²) in [6, 6.07) is 15.1. The number of ether oxygens (including phenoxy) is 1. The van der Waals surface area contributed by atoms with Crippen molar-refractivity contribution in [2.24, 2.45) is 0 Å². The molecule has 2 aliphatic rings. The normalized spacial score (nSPS) is 18.1. The molecule has 2 aromatic carbocycles. The van der Waals surface area contributed by atoms with Gasteiger partial charge in [-0.3, -0.25) is 9.59 Å². The maximum absolute atomic E-state index is 13.7. The molecule has 1 fully saturated rings. The van der Waals surface area contributed by atoms with Gasteiger partial charge >= 0.3 is 0 Å². The summed E-state index contributed by atoms with van der Waals surface area (Å²) >= 11 is 0. The van der Waals surface area contributed by atoms with E-state index in [9.17, 15) is 9.59 Å².